The van der Waals surface area contributed by atoms with Gasteiger partial charge in [-0.3, -0.25) is 14.6 Å². The van der Waals surface area contributed by atoms with E-state index in [1.165, 1.54) is 0 Å². The largest absolute Gasteiger partial charge is 0.380 e. The number of carbonyl (C=O) groups is 1. The molecule has 0 radical (unpaired) electrons. The fourth-order valence-corrected chi connectivity index (χ4v) is 4.07. The Bertz CT molecular complexity index is 393. The van der Waals surface area contributed by atoms with Gasteiger partial charge in [0, 0.05) is 51.4 Å². The molecule has 0 atom stereocenters. The summed E-state index contributed by atoms with van der Waals surface area (Å²) in [6, 6.07) is 1.26. The molecule has 5 heteroatoms. The van der Waals surface area contributed by atoms with Crippen molar-refractivity contribution in [1.29, 1.82) is 0 Å². The van der Waals surface area contributed by atoms with Crippen LogP contribution in [0.25, 0.3) is 0 Å². The summed E-state index contributed by atoms with van der Waals surface area (Å²) >= 11 is 0. The number of carbonyl (C=O) groups excluding carboxylic acids is 1. The Hall–Kier alpha value is -0.650. The van der Waals surface area contributed by atoms with Gasteiger partial charge in [-0.15, -0.1) is 0 Å². The summed E-state index contributed by atoms with van der Waals surface area (Å²) in [7, 11) is 0. The van der Waals surface area contributed by atoms with Crippen molar-refractivity contribution in [3.63, 3.8) is 0 Å². The quantitative estimate of drug-likeness (QED) is 0.842. The summed E-state index contributed by atoms with van der Waals surface area (Å²) in [4.78, 5) is 19.4. The Morgan fingerprint density at radius 2 is 1.64 bits per heavy atom. The number of rotatable bonds is 3. The Balaban J connectivity index is 1.45. The SMILES string of the molecule is CC(C)N1CCN(C2CCN(C(=O)C3(O)CCC3)CC2)CC1. The molecule has 1 aliphatic carbocycles. The molecule has 3 aliphatic rings. The third-order valence-electron chi connectivity index (χ3n) is 5.93. The van der Waals surface area contributed by atoms with Gasteiger partial charge in [0.05, 0.1) is 0 Å². The topological polar surface area (TPSA) is 47.0 Å². The molecule has 1 amide bonds. The molecule has 3 rings (SSSR count). The maximum absolute atomic E-state index is 12.4. The van der Waals surface area contributed by atoms with E-state index in [0.717, 1.165) is 58.5 Å². The lowest BCUT2D eigenvalue weighted by Crippen LogP contribution is -2.58. The lowest BCUT2D eigenvalue weighted by Gasteiger charge is -2.45. The van der Waals surface area contributed by atoms with Gasteiger partial charge >= 0.3 is 0 Å². The Morgan fingerprint density at radius 1 is 1.05 bits per heavy atom. The van der Waals surface area contributed by atoms with E-state index in [1.54, 1.807) is 0 Å². The lowest BCUT2D eigenvalue weighted by atomic mass is 9.79. The van der Waals surface area contributed by atoms with E-state index in [2.05, 4.69) is 23.6 Å². The molecule has 1 saturated carbocycles. The third kappa shape index (κ3) is 3.17. The Kier molecular flexibility index (Phi) is 4.76. The van der Waals surface area contributed by atoms with Crippen LogP contribution < -0.4 is 0 Å². The molecule has 5 nitrogen and oxygen atoms in total. The lowest BCUT2D eigenvalue weighted by molar-refractivity contribution is -0.162. The number of piperazine rings is 1. The fourth-order valence-electron chi connectivity index (χ4n) is 4.07. The molecule has 0 aromatic heterocycles. The van der Waals surface area contributed by atoms with Crippen LogP contribution in [0, 0.1) is 0 Å². The average molecular weight is 309 g/mol. The van der Waals surface area contributed by atoms with Crippen molar-refractivity contribution in [2.45, 2.75) is 63.6 Å². The van der Waals surface area contributed by atoms with Gasteiger partial charge in [-0.1, -0.05) is 0 Å². The summed E-state index contributed by atoms with van der Waals surface area (Å²) in [5, 5.41) is 10.2. The van der Waals surface area contributed by atoms with Crippen molar-refractivity contribution >= 4 is 5.91 Å². The molecule has 22 heavy (non-hydrogen) atoms. The summed E-state index contributed by atoms with van der Waals surface area (Å²) in [5.41, 5.74) is -1.02. The van der Waals surface area contributed by atoms with Crippen molar-refractivity contribution in [3.8, 4) is 0 Å². The van der Waals surface area contributed by atoms with Crippen molar-refractivity contribution in [2.24, 2.45) is 0 Å². The zero-order chi connectivity index (χ0) is 15.7. The summed E-state index contributed by atoms with van der Waals surface area (Å²) in [6.07, 6.45) is 4.41. The smallest absolute Gasteiger partial charge is 0.254 e. The number of hydrogen-bond acceptors (Lipinski definition) is 4. The van der Waals surface area contributed by atoms with E-state index < -0.39 is 5.60 Å². The molecule has 0 spiro atoms. The number of hydrogen-bond donors (Lipinski definition) is 1. The monoisotopic (exact) mass is 309 g/mol. The van der Waals surface area contributed by atoms with Crippen LogP contribution in [0.1, 0.15) is 46.0 Å². The number of likely N-dealkylation sites (tertiary alicyclic amines) is 1. The number of piperidine rings is 1. The van der Waals surface area contributed by atoms with E-state index in [0.29, 0.717) is 24.9 Å². The first kappa shape index (κ1) is 16.2. The van der Waals surface area contributed by atoms with E-state index in [-0.39, 0.29) is 5.91 Å². The van der Waals surface area contributed by atoms with Crippen LogP contribution in [-0.4, -0.2) is 82.7 Å². The van der Waals surface area contributed by atoms with Gasteiger partial charge in [0.15, 0.2) is 0 Å². The third-order valence-corrected chi connectivity index (χ3v) is 5.93. The maximum atomic E-state index is 12.4. The Labute approximate surface area is 134 Å². The number of amides is 1. The first-order valence-corrected chi connectivity index (χ1v) is 8.99. The average Bonchev–Trinajstić information content (AvgIpc) is 2.52. The highest BCUT2D eigenvalue weighted by Crippen LogP contribution is 2.34. The minimum absolute atomic E-state index is 0.0122. The summed E-state index contributed by atoms with van der Waals surface area (Å²) < 4.78 is 0. The van der Waals surface area contributed by atoms with Gasteiger partial charge in [-0.05, 0) is 46.0 Å². The van der Waals surface area contributed by atoms with Crippen LogP contribution in [0.5, 0.6) is 0 Å². The fraction of sp³-hybridized carbons (Fsp3) is 0.941. The first-order chi connectivity index (χ1) is 10.5. The van der Waals surface area contributed by atoms with E-state index in [9.17, 15) is 9.90 Å². The van der Waals surface area contributed by atoms with Crippen molar-refractivity contribution < 1.29 is 9.90 Å². The van der Waals surface area contributed by atoms with Gasteiger partial charge in [0.1, 0.15) is 5.60 Å². The zero-order valence-electron chi connectivity index (χ0n) is 14.1. The second-order valence-corrected chi connectivity index (χ2v) is 7.57. The summed E-state index contributed by atoms with van der Waals surface area (Å²) in [5.74, 6) is -0.0122. The van der Waals surface area contributed by atoms with Gasteiger partial charge in [-0.25, -0.2) is 0 Å². The van der Waals surface area contributed by atoms with Crippen LogP contribution in [0.4, 0.5) is 0 Å². The van der Waals surface area contributed by atoms with Crippen LogP contribution in [0.15, 0.2) is 0 Å². The second-order valence-electron chi connectivity index (χ2n) is 7.57. The minimum atomic E-state index is -1.02. The van der Waals surface area contributed by atoms with E-state index >= 15 is 0 Å². The number of nitrogens with zero attached hydrogens (tertiary/aromatic N) is 3. The Morgan fingerprint density at radius 3 is 2.09 bits per heavy atom. The standard InChI is InChI=1S/C17H31N3O2/c1-14(2)18-10-12-19(13-11-18)15-4-8-20(9-5-15)16(21)17(22)6-3-7-17/h14-15,22H,3-13H2,1-2H3. The maximum Gasteiger partial charge on any atom is 0.254 e. The van der Waals surface area contributed by atoms with Gasteiger partial charge in [0.25, 0.3) is 5.91 Å². The molecule has 2 heterocycles. The van der Waals surface area contributed by atoms with Crippen LogP contribution in [0.2, 0.25) is 0 Å². The number of aliphatic hydroxyl groups is 1. The molecule has 0 aromatic rings. The molecule has 0 aromatic carbocycles. The minimum Gasteiger partial charge on any atom is -0.380 e. The van der Waals surface area contributed by atoms with Crippen molar-refractivity contribution in [1.82, 2.24) is 14.7 Å². The molecule has 0 bridgehead atoms. The molecule has 2 aliphatic heterocycles. The zero-order valence-corrected chi connectivity index (χ0v) is 14.1. The highest BCUT2D eigenvalue weighted by Gasteiger charge is 2.45. The van der Waals surface area contributed by atoms with Crippen molar-refractivity contribution in [3.05, 3.63) is 0 Å². The van der Waals surface area contributed by atoms with E-state index in [1.807, 2.05) is 4.90 Å². The van der Waals surface area contributed by atoms with Gasteiger partial charge in [-0.2, -0.15) is 0 Å². The first-order valence-electron chi connectivity index (χ1n) is 8.99. The van der Waals surface area contributed by atoms with Crippen molar-refractivity contribution in [2.75, 3.05) is 39.3 Å². The van der Waals surface area contributed by atoms with E-state index in [4.69, 9.17) is 0 Å². The van der Waals surface area contributed by atoms with Crippen LogP contribution >= 0.6 is 0 Å². The predicted molar refractivity (Wildman–Crippen MR) is 86.7 cm³/mol. The normalized spacial score (nSPS) is 27.9. The highest BCUT2D eigenvalue weighted by molar-refractivity contribution is 5.86. The summed E-state index contributed by atoms with van der Waals surface area (Å²) in [6.45, 7) is 10.8. The molecule has 1 N–H and O–H groups in total. The molecule has 2 saturated heterocycles. The molecule has 0 unspecified atom stereocenters. The second kappa shape index (κ2) is 6.46. The van der Waals surface area contributed by atoms with Crippen LogP contribution in [0.3, 0.4) is 0 Å². The predicted octanol–water partition coefficient (Wildman–Crippen LogP) is 0.918. The van der Waals surface area contributed by atoms with Gasteiger partial charge < -0.3 is 10.0 Å². The molecular weight excluding hydrogens is 278 g/mol. The molecular formula is C17H31N3O2. The highest BCUT2D eigenvalue weighted by atomic mass is 16.3. The van der Waals surface area contributed by atoms with Crippen LogP contribution in [-0.2, 0) is 4.79 Å². The molecule has 3 fully saturated rings. The molecule has 126 valence electrons. The van der Waals surface area contributed by atoms with Gasteiger partial charge in [0.2, 0.25) is 0 Å².